The molecule has 2 aromatic carbocycles. The molecule has 2 aromatic rings. The molecule has 0 bridgehead atoms. The molecule has 0 N–H and O–H groups in total. The summed E-state index contributed by atoms with van der Waals surface area (Å²) in [6.45, 7) is 0.991. The molecular weight excluding hydrogens is 354 g/mol. The van der Waals surface area contributed by atoms with Gasteiger partial charge in [-0.15, -0.1) is 0 Å². The van der Waals surface area contributed by atoms with Gasteiger partial charge in [-0.1, -0.05) is 28.1 Å². The summed E-state index contributed by atoms with van der Waals surface area (Å²) >= 11 is 3.48. The van der Waals surface area contributed by atoms with Gasteiger partial charge in [0.15, 0.2) is 11.5 Å². The van der Waals surface area contributed by atoms with Gasteiger partial charge < -0.3 is 14.4 Å². The van der Waals surface area contributed by atoms with Gasteiger partial charge in [0.05, 0.1) is 14.2 Å². The van der Waals surface area contributed by atoms with E-state index in [0.29, 0.717) is 0 Å². The van der Waals surface area contributed by atoms with E-state index in [4.69, 9.17) is 9.47 Å². The third-order valence-corrected chi connectivity index (χ3v) is 4.72. The second kappa shape index (κ2) is 6.67. The maximum absolute atomic E-state index is 5.47. The first-order chi connectivity index (χ1) is 11.1. The van der Waals surface area contributed by atoms with Crippen molar-refractivity contribution in [1.82, 2.24) is 4.90 Å². The van der Waals surface area contributed by atoms with Gasteiger partial charge in [0.1, 0.15) is 0 Å². The summed E-state index contributed by atoms with van der Waals surface area (Å²) in [6.07, 6.45) is 3.22. The third kappa shape index (κ3) is 3.22. The lowest BCUT2D eigenvalue weighted by molar-refractivity contribution is 0.353. The third-order valence-electron chi connectivity index (χ3n) is 4.19. The maximum Gasteiger partial charge on any atom is 0.161 e. The summed E-state index contributed by atoms with van der Waals surface area (Å²) in [5.74, 6) is 1.56. The van der Waals surface area contributed by atoms with Crippen molar-refractivity contribution < 1.29 is 9.47 Å². The monoisotopic (exact) mass is 373 g/mol. The van der Waals surface area contributed by atoms with Crippen LogP contribution in [-0.2, 0) is 6.42 Å². The number of likely N-dealkylation sites (N-methyl/N-ethyl adjacent to an activating group) is 1. The number of nitrogens with zero attached hydrogens (tertiary/aromatic N) is 1. The molecule has 0 aromatic heterocycles. The van der Waals surface area contributed by atoms with Gasteiger partial charge in [0.2, 0.25) is 0 Å². The average molecular weight is 374 g/mol. The summed E-state index contributed by atoms with van der Waals surface area (Å²) in [5, 5.41) is 0. The average Bonchev–Trinajstić information content (AvgIpc) is 2.58. The van der Waals surface area contributed by atoms with Crippen molar-refractivity contribution >= 4 is 27.7 Å². The molecule has 0 spiro atoms. The first kappa shape index (κ1) is 15.9. The quantitative estimate of drug-likeness (QED) is 0.792. The van der Waals surface area contributed by atoms with Crippen LogP contribution in [-0.4, -0.2) is 32.7 Å². The van der Waals surface area contributed by atoms with E-state index in [-0.39, 0.29) is 0 Å². The van der Waals surface area contributed by atoms with Crippen LogP contribution in [0.25, 0.3) is 11.8 Å². The first-order valence-corrected chi connectivity index (χ1v) is 8.35. The molecule has 3 rings (SSSR count). The van der Waals surface area contributed by atoms with Crippen LogP contribution in [0.4, 0.5) is 0 Å². The minimum Gasteiger partial charge on any atom is -0.493 e. The molecule has 23 heavy (non-hydrogen) atoms. The van der Waals surface area contributed by atoms with Gasteiger partial charge in [-0.3, -0.25) is 0 Å². The predicted octanol–water partition coefficient (Wildman–Crippen LogP) is 4.45. The van der Waals surface area contributed by atoms with E-state index in [9.17, 15) is 0 Å². The number of hydrogen-bond acceptors (Lipinski definition) is 3. The Labute approximate surface area is 145 Å². The van der Waals surface area contributed by atoms with Crippen LogP contribution in [0.3, 0.4) is 0 Å². The Hall–Kier alpha value is -1.94. The summed E-state index contributed by atoms with van der Waals surface area (Å²) in [4.78, 5) is 2.29. The molecule has 0 atom stereocenters. The van der Waals surface area contributed by atoms with Crippen LogP contribution in [0.5, 0.6) is 11.5 Å². The van der Waals surface area contributed by atoms with Crippen LogP contribution in [0.15, 0.2) is 40.9 Å². The second-order valence-electron chi connectivity index (χ2n) is 5.62. The number of rotatable bonds is 3. The van der Waals surface area contributed by atoms with Gasteiger partial charge in [-0.05, 0) is 47.9 Å². The highest BCUT2D eigenvalue weighted by molar-refractivity contribution is 9.10. The van der Waals surface area contributed by atoms with Gasteiger partial charge >= 0.3 is 0 Å². The molecule has 0 fully saturated rings. The topological polar surface area (TPSA) is 21.7 Å². The molecule has 120 valence electrons. The molecular formula is C19H20BrNO2. The molecule has 0 radical (unpaired) electrons. The van der Waals surface area contributed by atoms with Crippen LogP contribution in [0, 0.1) is 0 Å². The van der Waals surface area contributed by atoms with Gasteiger partial charge in [0.25, 0.3) is 0 Å². The summed E-state index contributed by atoms with van der Waals surface area (Å²) < 4.78 is 12.0. The number of hydrogen-bond donors (Lipinski definition) is 0. The van der Waals surface area contributed by atoms with E-state index in [1.807, 2.05) is 0 Å². The number of methoxy groups -OCH3 is 2. The summed E-state index contributed by atoms with van der Waals surface area (Å²) in [7, 11) is 5.48. The zero-order valence-corrected chi connectivity index (χ0v) is 15.2. The van der Waals surface area contributed by atoms with Gasteiger partial charge in [0, 0.05) is 29.3 Å². The van der Waals surface area contributed by atoms with Crippen molar-refractivity contribution in [2.75, 3.05) is 27.8 Å². The van der Waals surface area contributed by atoms with E-state index < -0.39 is 0 Å². The fourth-order valence-electron chi connectivity index (χ4n) is 2.89. The van der Waals surface area contributed by atoms with Crippen LogP contribution >= 0.6 is 15.9 Å². The lowest BCUT2D eigenvalue weighted by Gasteiger charge is -2.31. The Bertz CT molecular complexity index is 738. The maximum atomic E-state index is 5.47. The highest BCUT2D eigenvalue weighted by Crippen LogP contribution is 2.37. The molecule has 4 heteroatoms. The predicted molar refractivity (Wildman–Crippen MR) is 97.9 cm³/mol. The Morgan fingerprint density at radius 2 is 1.70 bits per heavy atom. The smallest absolute Gasteiger partial charge is 0.161 e. The molecule has 0 aliphatic carbocycles. The molecule has 0 amide bonds. The normalized spacial score (nSPS) is 15.5. The summed E-state index contributed by atoms with van der Waals surface area (Å²) in [6, 6.07) is 12.5. The molecule has 0 saturated heterocycles. The van der Waals surface area contributed by atoms with Gasteiger partial charge in [-0.25, -0.2) is 0 Å². The largest absolute Gasteiger partial charge is 0.493 e. The zero-order valence-electron chi connectivity index (χ0n) is 13.6. The Balaban J connectivity index is 2.10. The fourth-order valence-corrected chi connectivity index (χ4v) is 3.15. The SMILES string of the molecule is COc1cc2c(cc1OC)/C(=C\c1ccc(Br)cc1)N(C)CC2. The second-order valence-corrected chi connectivity index (χ2v) is 6.53. The number of benzene rings is 2. The lowest BCUT2D eigenvalue weighted by Crippen LogP contribution is -2.25. The zero-order chi connectivity index (χ0) is 16.4. The van der Waals surface area contributed by atoms with E-state index in [1.165, 1.54) is 22.4 Å². The Morgan fingerprint density at radius 3 is 2.35 bits per heavy atom. The Kier molecular flexibility index (Phi) is 4.62. The van der Waals surface area contributed by atoms with Crippen LogP contribution in [0.2, 0.25) is 0 Å². The molecule has 0 unspecified atom stereocenters. The van der Waals surface area contributed by atoms with Crippen molar-refractivity contribution in [3.05, 3.63) is 57.6 Å². The highest BCUT2D eigenvalue weighted by atomic mass is 79.9. The molecule has 0 saturated carbocycles. The van der Waals surface area contributed by atoms with Gasteiger partial charge in [-0.2, -0.15) is 0 Å². The minimum atomic E-state index is 0.767. The molecule has 1 aliphatic rings. The number of ether oxygens (including phenoxy) is 2. The molecule has 1 aliphatic heterocycles. The van der Waals surface area contributed by atoms with Crippen LogP contribution in [0.1, 0.15) is 16.7 Å². The molecule has 1 heterocycles. The molecule has 3 nitrogen and oxygen atoms in total. The van der Waals surface area contributed by atoms with E-state index in [2.05, 4.69) is 70.4 Å². The van der Waals surface area contributed by atoms with E-state index in [1.54, 1.807) is 14.2 Å². The van der Waals surface area contributed by atoms with Crippen LogP contribution < -0.4 is 9.47 Å². The van der Waals surface area contributed by atoms with Crippen molar-refractivity contribution in [3.63, 3.8) is 0 Å². The standard InChI is InChI=1S/C19H20BrNO2/c1-21-9-8-14-11-18(22-2)19(23-3)12-16(14)17(21)10-13-4-6-15(20)7-5-13/h4-7,10-12H,8-9H2,1-3H3/b17-10+. The number of halogens is 1. The van der Waals surface area contributed by atoms with Crippen molar-refractivity contribution in [1.29, 1.82) is 0 Å². The van der Waals surface area contributed by atoms with E-state index in [0.717, 1.165) is 28.9 Å². The fraction of sp³-hybridized carbons (Fsp3) is 0.263. The number of fused-ring (bicyclic) bond motifs is 1. The van der Waals surface area contributed by atoms with E-state index >= 15 is 0 Å². The van der Waals surface area contributed by atoms with Crippen molar-refractivity contribution in [2.24, 2.45) is 0 Å². The Morgan fingerprint density at radius 1 is 1.04 bits per heavy atom. The van der Waals surface area contributed by atoms with Crippen molar-refractivity contribution in [3.8, 4) is 11.5 Å². The highest BCUT2D eigenvalue weighted by Gasteiger charge is 2.21. The lowest BCUT2D eigenvalue weighted by atomic mass is 9.94. The summed E-state index contributed by atoms with van der Waals surface area (Å²) in [5.41, 5.74) is 4.88. The van der Waals surface area contributed by atoms with Crippen molar-refractivity contribution in [2.45, 2.75) is 6.42 Å². The minimum absolute atomic E-state index is 0.767. The first-order valence-electron chi connectivity index (χ1n) is 7.56.